The van der Waals surface area contributed by atoms with E-state index in [2.05, 4.69) is 0 Å². The summed E-state index contributed by atoms with van der Waals surface area (Å²) >= 11 is 0. The van der Waals surface area contributed by atoms with Gasteiger partial charge in [-0.15, -0.1) is 0 Å². The van der Waals surface area contributed by atoms with E-state index in [0.29, 0.717) is 5.56 Å². The number of phenolic OH excluding ortho intramolecular Hbond substituents is 1. The van der Waals surface area contributed by atoms with Crippen LogP contribution < -0.4 is 4.74 Å². The lowest BCUT2D eigenvalue weighted by atomic mass is 10.2. The molecule has 0 radical (unpaired) electrons. The minimum Gasteiger partial charge on any atom is -0.504 e. The highest BCUT2D eigenvalue weighted by Crippen LogP contribution is 2.26. The van der Waals surface area contributed by atoms with E-state index in [4.69, 9.17) is 14.2 Å². The number of carbonyl (C=O) groups excluding carboxylic acids is 2. The van der Waals surface area contributed by atoms with Gasteiger partial charge in [-0.25, -0.2) is 4.79 Å². The van der Waals surface area contributed by atoms with Crippen LogP contribution in [0.1, 0.15) is 12.0 Å². The van der Waals surface area contributed by atoms with Gasteiger partial charge in [-0.05, 0) is 23.8 Å². The third-order valence-corrected chi connectivity index (χ3v) is 3.09. The first kappa shape index (κ1) is 15.8. The molecule has 1 fully saturated rings. The van der Waals surface area contributed by atoms with Crippen molar-refractivity contribution in [3.8, 4) is 11.5 Å². The SMILES string of the molecule is COc1cc(/C=C/C(=O)OC[C@H]2OC(=O)C[C@@H]2O)ccc1O. The Morgan fingerprint density at radius 3 is 2.91 bits per heavy atom. The molecule has 1 aromatic rings. The van der Waals surface area contributed by atoms with Crippen LogP contribution in [0.2, 0.25) is 0 Å². The van der Waals surface area contributed by atoms with E-state index in [1.807, 2.05) is 0 Å². The molecule has 1 saturated heterocycles. The van der Waals surface area contributed by atoms with Crippen molar-refractivity contribution >= 4 is 18.0 Å². The number of aromatic hydroxyl groups is 1. The van der Waals surface area contributed by atoms with Gasteiger partial charge in [0.1, 0.15) is 12.7 Å². The van der Waals surface area contributed by atoms with Crippen LogP contribution in [0.4, 0.5) is 0 Å². The highest BCUT2D eigenvalue weighted by molar-refractivity contribution is 5.87. The van der Waals surface area contributed by atoms with Crippen molar-refractivity contribution in [3.63, 3.8) is 0 Å². The summed E-state index contributed by atoms with van der Waals surface area (Å²) in [4.78, 5) is 22.5. The van der Waals surface area contributed by atoms with Gasteiger partial charge in [-0.1, -0.05) is 6.07 Å². The molecule has 2 rings (SSSR count). The summed E-state index contributed by atoms with van der Waals surface area (Å²) in [6.07, 6.45) is 0.811. The molecule has 7 heteroatoms. The summed E-state index contributed by atoms with van der Waals surface area (Å²) in [7, 11) is 1.42. The van der Waals surface area contributed by atoms with Crippen molar-refractivity contribution < 1.29 is 34.0 Å². The molecule has 1 heterocycles. The van der Waals surface area contributed by atoms with Crippen LogP contribution in [0.15, 0.2) is 24.3 Å². The van der Waals surface area contributed by atoms with Crippen LogP contribution in [0.3, 0.4) is 0 Å². The van der Waals surface area contributed by atoms with Crippen LogP contribution in [-0.4, -0.2) is 48.1 Å². The number of cyclic esters (lactones) is 1. The first-order chi connectivity index (χ1) is 10.5. The molecule has 0 bridgehead atoms. The van der Waals surface area contributed by atoms with Gasteiger partial charge in [0.05, 0.1) is 13.5 Å². The second-order valence-corrected chi connectivity index (χ2v) is 4.69. The highest BCUT2D eigenvalue weighted by atomic mass is 16.6. The summed E-state index contributed by atoms with van der Waals surface area (Å²) in [5.41, 5.74) is 0.638. The zero-order chi connectivity index (χ0) is 16.1. The van der Waals surface area contributed by atoms with Gasteiger partial charge in [-0.3, -0.25) is 4.79 Å². The molecule has 22 heavy (non-hydrogen) atoms. The fraction of sp³-hybridized carbons (Fsp3) is 0.333. The van der Waals surface area contributed by atoms with Crippen LogP contribution in [0.25, 0.3) is 6.08 Å². The predicted molar refractivity (Wildman–Crippen MR) is 75.2 cm³/mol. The monoisotopic (exact) mass is 308 g/mol. The third kappa shape index (κ3) is 3.98. The standard InChI is InChI=1S/C15H16O7/c1-20-12-6-9(2-4-10(12)16)3-5-14(18)21-8-13-11(17)7-15(19)22-13/h2-6,11,13,16-17H,7-8H2,1H3/b5-3+/t11-,13+/m0/s1. The first-order valence-corrected chi connectivity index (χ1v) is 6.59. The molecule has 2 atom stereocenters. The Morgan fingerprint density at radius 2 is 2.27 bits per heavy atom. The normalized spacial score (nSPS) is 20.9. The summed E-state index contributed by atoms with van der Waals surface area (Å²) in [5, 5.41) is 18.9. The molecular formula is C15H16O7. The number of ether oxygens (including phenoxy) is 3. The largest absolute Gasteiger partial charge is 0.504 e. The maximum absolute atomic E-state index is 11.6. The average molecular weight is 308 g/mol. The second-order valence-electron chi connectivity index (χ2n) is 4.69. The number of phenols is 1. The average Bonchev–Trinajstić information content (AvgIpc) is 2.82. The number of hydrogen-bond donors (Lipinski definition) is 2. The Morgan fingerprint density at radius 1 is 1.50 bits per heavy atom. The molecule has 1 aromatic carbocycles. The highest BCUT2D eigenvalue weighted by Gasteiger charge is 2.33. The van der Waals surface area contributed by atoms with Crippen molar-refractivity contribution in [2.45, 2.75) is 18.6 Å². The lowest BCUT2D eigenvalue weighted by Crippen LogP contribution is -2.27. The van der Waals surface area contributed by atoms with Crippen LogP contribution in [-0.2, 0) is 19.1 Å². The summed E-state index contributed by atoms with van der Waals surface area (Å²) in [5.74, 6) is -0.863. The minimum absolute atomic E-state index is 0.000682. The Kier molecular flexibility index (Phi) is 5.00. The third-order valence-electron chi connectivity index (χ3n) is 3.09. The van der Waals surface area contributed by atoms with E-state index in [9.17, 15) is 19.8 Å². The van der Waals surface area contributed by atoms with Crippen LogP contribution >= 0.6 is 0 Å². The number of esters is 2. The predicted octanol–water partition coefficient (Wildman–Crippen LogP) is 0.634. The molecule has 1 aliphatic rings. The van der Waals surface area contributed by atoms with Crippen molar-refractivity contribution in [1.82, 2.24) is 0 Å². The maximum Gasteiger partial charge on any atom is 0.330 e. The van der Waals surface area contributed by atoms with Gasteiger partial charge in [0, 0.05) is 6.08 Å². The molecule has 0 aliphatic carbocycles. The van der Waals surface area contributed by atoms with Gasteiger partial charge in [-0.2, -0.15) is 0 Å². The molecule has 0 amide bonds. The summed E-state index contributed by atoms with van der Waals surface area (Å²) < 4.78 is 14.7. The van der Waals surface area contributed by atoms with Crippen molar-refractivity contribution in [2.75, 3.05) is 13.7 Å². The molecule has 7 nitrogen and oxygen atoms in total. The van der Waals surface area contributed by atoms with Gasteiger partial charge in [0.2, 0.25) is 0 Å². The number of carbonyl (C=O) groups is 2. The lowest BCUT2D eigenvalue weighted by Gasteiger charge is -2.12. The number of aliphatic hydroxyl groups excluding tert-OH is 1. The van der Waals surface area contributed by atoms with Crippen molar-refractivity contribution in [2.24, 2.45) is 0 Å². The first-order valence-electron chi connectivity index (χ1n) is 6.59. The fourth-order valence-corrected chi connectivity index (χ4v) is 1.92. The molecule has 0 aromatic heterocycles. The minimum atomic E-state index is -0.953. The number of rotatable bonds is 5. The Balaban J connectivity index is 1.87. The smallest absolute Gasteiger partial charge is 0.330 e. The Hall–Kier alpha value is -2.54. The second kappa shape index (κ2) is 6.95. The van der Waals surface area contributed by atoms with E-state index in [0.717, 1.165) is 0 Å². The molecule has 0 spiro atoms. The van der Waals surface area contributed by atoms with Crippen molar-refractivity contribution in [3.05, 3.63) is 29.8 Å². The molecule has 0 saturated carbocycles. The Labute approximate surface area is 126 Å². The number of aliphatic hydroxyl groups is 1. The quantitative estimate of drug-likeness (QED) is 0.607. The number of methoxy groups -OCH3 is 1. The van der Waals surface area contributed by atoms with E-state index < -0.39 is 24.1 Å². The van der Waals surface area contributed by atoms with Gasteiger partial charge >= 0.3 is 11.9 Å². The van der Waals surface area contributed by atoms with Gasteiger partial charge in [0.25, 0.3) is 0 Å². The molecule has 118 valence electrons. The maximum atomic E-state index is 11.6. The van der Waals surface area contributed by atoms with Crippen LogP contribution in [0, 0.1) is 0 Å². The van der Waals surface area contributed by atoms with Crippen molar-refractivity contribution in [1.29, 1.82) is 0 Å². The summed E-state index contributed by atoms with van der Waals surface area (Å²) in [6.45, 7) is -0.199. The Bertz CT molecular complexity index is 594. The van der Waals surface area contributed by atoms with Crippen LogP contribution in [0.5, 0.6) is 11.5 Å². The van der Waals surface area contributed by atoms with E-state index >= 15 is 0 Å². The number of hydrogen-bond acceptors (Lipinski definition) is 7. The molecule has 0 unspecified atom stereocenters. The zero-order valence-corrected chi connectivity index (χ0v) is 11.9. The van der Waals surface area contributed by atoms with E-state index in [-0.39, 0.29) is 24.5 Å². The lowest BCUT2D eigenvalue weighted by molar-refractivity contribution is -0.151. The zero-order valence-electron chi connectivity index (χ0n) is 11.9. The summed E-state index contributed by atoms with van der Waals surface area (Å²) in [6, 6.07) is 4.60. The molecule has 2 N–H and O–H groups in total. The molecule has 1 aliphatic heterocycles. The van der Waals surface area contributed by atoms with Gasteiger partial charge in [0.15, 0.2) is 17.6 Å². The van der Waals surface area contributed by atoms with E-state index in [1.54, 1.807) is 12.1 Å². The molecular weight excluding hydrogens is 292 g/mol. The fourth-order valence-electron chi connectivity index (χ4n) is 1.92. The van der Waals surface area contributed by atoms with E-state index in [1.165, 1.54) is 25.3 Å². The topological polar surface area (TPSA) is 102 Å². The number of benzene rings is 1. The van der Waals surface area contributed by atoms with Gasteiger partial charge < -0.3 is 24.4 Å².